The van der Waals surface area contributed by atoms with E-state index in [1.807, 2.05) is 0 Å². The van der Waals surface area contributed by atoms with E-state index >= 15 is 0 Å². The fourth-order valence-corrected chi connectivity index (χ4v) is 4.50. The van der Waals surface area contributed by atoms with Gasteiger partial charge in [0.15, 0.2) is 11.6 Å². The Hall–Kier alpha value is -2.71. The molecule has 31 heavy (non-hydrogen) atoms. The number of nitrogens with one attached hydrogen (secondary N) is 1. The van der Waals surface area contributed by atoms with E-state index < -0.39 is 23.2 Å². The quantitative estimate of drug-likeness (QED) is 0.753. The highest BCUT2D eigenvalue weighted by Gasteiger charge is 2.61. The van der Waals surface area contributed by atoms with E-state index in [1.54, 1.807) is 24.3 Å². The van der Waals surface area contributed by atoms with Crippen LogP contribution in [0, 0.1) is 11.7 Å². The molecule has 1 saturated heterocycles. The molecule has 1 saturated carbocycles. The van der Waals surface area contributed by atoms with Gasteiger partial charge in [-0.3, -0.25) is 19.3 Å². The molecule has 1 spiro atoms. The number of halogens is 3. The Kier molecular flexibility index (Phi) is 5.61. The third-order valence-electron chi connectivity index (χ3n) is 5.84. The average molecular weight is 465 g/mol. The Morgan fingerprint density at radius 2 is 1.90 bits per heavy atom. The van der Waals surface area contributed by atoms with Gasteiger partial charge in [-0.05, 0) is 36.6 Å². The molecule has 0 atom stereocenters. The highest BCUT2D eigenvalue weighted by atomic mass is 35.5. The van der Waals surface area contributed by atoms with Crippen LogP contribution in [-0.4, -0.2) is 46.7 Å². The van der Waals surface area contributed by atoms with Crippen LogP contribution in [0.25, 0.3) is 0 Å². The van der Waals surface area contributed by atoms with Crippen LogP contribution >= 0.6 is 23.2 Å². The van der Waals surface area contributed by atoms with Gasteiger partial charge in [0.2, 0.25) is 11.8 Å². The molecule has 3 amide bonds. The van der Waals surface area contributed by atoms with Crippen LogP contribution in [0.3, 0.4) is 0 Å². The molecule has 2 aromatic rings. The van der Waals surface area contributed by atoms with Gasteiger partial charge < -0.3 is 10.2 Å². The molecule has 0 radical (unpaired) electrons. The van der Waals surface area contributed by atoms with Crippen LogP contribution in [0.5, 0.6) is 0 Å². The highest BCUT2D eigenvalue weighted by molar-refractivity contribution is 6.30. The van der Waals surface area contributed by atoms with Gasteiger partial charge >= 0.3 is 0 Å². The first-order valence-corrected chi connectivity index (χ1v) is 10.4. The van der Waals surface area contributed by atoms with Gasteiger partial charge in [-0.15, -0.1) is 0 Å². The Balaban J connectivity index is 1.69. The molecule has 162 valence electrons. The SMILES string of the molecule is CNC(=O)[C@H]1C[C@]2(C1)C(=O)N(c1ncc(Cl)cc1F)CC(=O)N2Cc1ccc(Cl)cc1. The summed E-state index contributed by atoms with van der Waals surface area (Å²) in [6, 6.07) is 7.99. The molecule has 1 aromatic carbocycles. The van der Waals surface area contributed by atoms with Gasteiger partial charge in [0.25, 0.3) is 5.91 Å². The van der Waals surface area contributed by atoms with Gasteiger partial charge in [0.1, 0.15) is 12.1 Å². The summed E-state index contributed by atoms with van der Waals surface area (Å²) in [6.07, 6.45) is 1.52. The highest BCUT2D eigenvalue weighted by Crippen LogP contribution is 2.47. The summed E-state index contributed by atoms with van der Waals surface area (Å²) in [5.41, 5.74) is -0.461. The van der Waals surface area contributed by atoms with Gasteiger partial charge in [-0.1, -0.05) is 35.3 Å². The summed E-state index contributed by atoms with van der Waals surface area (Å²) in [4.78, 5) is 45.3. The van der Waals surface area contributed by atoms with E-state index in [-0.39, 0.29) is 48.6 Å². The summed E-state index contributed by atoms with van der Waals surface area (Å²) in [5.74, 6) is -2.49. The van der Waals surface area contributed by atoms with Crippen molar-refractivity contribution in [3.05, 3.63) is 58.0 Å². The number of pyridine rings is 1. The van der Waals surface area contributed by atoms with Crippen LogP contribution in [0.2, 0.25) is 10.0 Å². The minimum atomic E-state index is -1.25. The molecule has 1 aliphatic carbocycles. The largest absolute Gasteiger partial charge is 0.359 e. The number of aromatic nitrogens is 1. The minimum absolute atomic E-state index is 0.0828. The average Bonchev–Trinajstić information content (AvgIpc) is 2.71. The summed E-state index contributed by atoms with van der Waals surface area (Å²) in [7, 11) is 1.52. The van der Waals surface area contributed by atoms with E-state index in [0.717, 1.165) is 16.5 Å². The van der Waals surface area contributed by atoms with Crippen molar-refractivity contribution in [1.82, 2.24) is 15.2 Å². The maximum atomic E-state index is 14.5. The zero-order valence-electron chi connectivity index (χ0n) is 16.6. The topological polar surface area (TPSA) is 82.6 Å². The lowest BCUT2D eigenvalue weighted by Gasteiger charge is -2.56. The van der Waals surface area contributed by atoms with Gasteiger partial charge in [0, 0.05) is 30.7 Å². The minimum Gasteiger partial charge on any atom is -0.359 e. The maximum absolute atomic E-state index is 14.5. The van der Waals surface area contributed by atoms with Crippen LogP contribution in [0.1, 0.15) is 18.4 Å². The normalized spacial score (nSPS) is 23.2. The lowest BCUT2D eigenvalue weighted by molar-refractivity contribution is -0.165. The number of nitrogens with zero attached hydrogens (tertiary/aromatic N) is 3. The number of carbonyl (C=O) groups is 3. The van der Waals surface area contributed by atoms with E-state index in [0.29, 0.717) is 5.02 Å². The molecule has 2 aliphatic rings. The predicted molar refractivity (Wildman–Crippen MR) is 113 cm³/mol. The monoisotopic (exact) mass is 464 g/mol. The van der Waals surface area contributed by atoms with Crippen LogP contribution < -0.4 is 10.2 Å². The van der Waals surface area contributed by atoms with Crippen LogP contribution in [-0.2, 0) is 20.9 Å². The second-order valence-corrected chi connectivity index (χ2v) is 8.58. The van der Waals surface area contributed by atoms with Gasteiger partial charge in [0.05, 0.1) is 5.02 Å². The van der Waals surface area contributed by atoms with Crippen LogP contribution in [0.4, 0.5) is 10.2 Å². The molecule has 0 unspecified atom stereocenters. The van der Waals surface area contributed by atoms with Crippen molar-refractivity contribution in [3.8, 4) is 0 Å². The van der Waals surface area contributed by atoms with Crippen molar-refractivity contribution in [2.24, 2.45) is 5.92 Å². The fraction of sp³-hybridized carbons (Fsp3) is 0.333. The van der Waals surface area contributed by atoms with E-state index in [2.05, 4.69) is 10.3 Å². The smallest absolute Gasteiger partial charge is 0.254 e. The van der Waals surface area contributed by atoms with Gasteiger partial charge in [-0.2, -0.15) is 0 Å². The summed E-state index contributed by atoms with van der Waals surface area (Å²) < 4.78 is 14.5. The first kappa shape index (κ1) is 21.5. The van der Waals surface area contributed by atoms with E-state index in [4.69, 9.17) is 23.2 Å². The number of hydrogen-bond donors (Lipinski definition) is 1. The van der Waals surface area contributed by atoms with Crippen molar-refractivity contribution in [3.63, 3.8) is 0 Å². The Bertz CT molecular complexity index is 1060. The molecule has 4 rings (SSSR count). The summed E-state index contributed by atoms with van der Waals surface area (Å²) in [5, 5.41) is 3.21. The molecule has 1 aliphatic heterocycles. The van der Waals surface area contributed by atoms with Crippen molar-refractivity contribution in [2.75, 3.05) is 18.5 Å². The molecule has 0 bridgehead atoms. The number of hydrogen-bond acceptors (Lipinski definition) is 4. The molecule has 10 heteroatoms. The van der Waals surface area contributed by atoms with Crippen molar-refractivity contribution >= 4 is 46.7 Å². The Labute approximate surface area is 188 Å². The number of anilines is 1. The molecule has 1 N–H and O–H groups in total. The number of amides is 3. The Morgan fingerprint density at radius 3 is 2.52 bits per heavy atom. The molecular formula is C21H19Cl2FN4O3. The molecule has 1 aromatic heterocycles. The van der Waals surface area contributed by atoms with E-state index in [1.165, 1.54) is 18.1 Å². The zero-order chi connectivity index (χ0) is 22.3. The number of rotatable bonds is 4. The van der Waals surface area contributed by atoms with E-state index in [9.17, 15) is 18.8 Å². The second kappa shape index (κ2) is 8.09. The van der Waals surface area contributed by atoms with Crippen LogP contribution in [0.15, 0.2) is 36.5 Å². The Morgan fingerprint density at radius 1 is 1.23 bits per heavy atom. The zero-order valence-corrected chi connectivity index (χ0v) is 18.1. The third-order valence-corrected chi connectivity index (χ3v) is 6.30. The van der Waals surface area contributed by atoms with Crippen molar-refractivity contribution in [1.29, 1.82) is 0 Å². The van der Waals surface area contributed by atoms with Gasteiger partial charge in [-0.25, -0.2) is 9.37 Å². The summed E-state index contributed by atoms with van der Waals surface area (Å²) in [6.45, 7) is -0.184. The standard InChI is InChI=1S/C21H19Cl2FN4O3/c1-25-19(30)13-7-21(8-13)20(31)27(18-16(24)6-15(23)9-26-18)11-17(29)28(21)10-12-2-4-14(22)5-3-12/h2-6,9,13H,7-8,10-11H2,1H3,(H,25,30)/t13-,21-. The number of piperazine rings is 1. The number of benzene rings is 1. The fourth-order valence-electron chi connectivity index (χ4n) is 4.23. The lowest BCUT2D eigenvalue weighted by Crippen LogP contribution is -2.73. The molecule has 2 fully saturated rings. The predicted octanol–water partition coefficient (Wildman–Crippen LogP) is 2.80. The lowest BCUT2D eigenvalue weighted by atomic mass is 9.64. The summed E-state index contributed by atoms with van der Waals surface area (Å²) >= 11 is 11.7. The van der Waals surface area contributed by atoms with Crippen molar-refractivity contribution < 1.29 is 18.8 Å². The number of carbonyl (C=O) groups excluding carboxylic acids is 3. The van der Waals surface area contributed by atoms with Crippen molar-refractivity contribution in [2.45, 2.75) is 24.9 Å². The maximum Gasteiger partial charge on any atom is 0.254 e. The first-order chi connectivity index (χ1) is 14.7. The molecular weight excluding hydrogens is 446 g/mol. The molecule has 2 heterocycles. The molecule has 7 nitrogen and oxygen atoms in total. The first-order valence-electron chi connectivity index (χ1n) is 9.64. The third kappa shape index (κ3) is 3.74. The second-order valence-electron chi connectivity index (χ2n) is 7.71.